The van der Waals surface area contributed by atoms with Crippen LogP contribution < -0.4 is 0 Å². The van der Waals surface area contributed by atoms with Gasteiger partial charge in [-0.1, -0.05) is 74.5 Å². The Bertz CT molecular complexity index is 1370. The minimum absolute atomic E-state index is 0.104. The minimum atomic E-state index is -0.104. The van der Waals surface area contributed by atoms with Gasteiger partial charge in [-0.15, -0.1) is 0 Å². The molecule has 4 aromatic carbocycles. The van der Waals surface area contributed by atoms with E-state index in [0.717, 1.165) is 12.8 Å². The van der Waals surface area contributed by atoms with Crippen molar-refractivity contribution < 1.29 is 0 Å². The van der Waals surface area contributed by atoms with E-state index in [-0.39, 0.29) is 5.41 Å². The van der Waals surface area contributed by atoms with Gasteiger partial charge in [-0.05, 0) is 70.5 Å². The molecule has 1 heterocycles. The van der Waals surface area contributed by atoms with Crippen LogP contribution in [-0.4, -0.2) is 4.98 Å². The van der Waals surface area contributed by atoms with Gasteiger partial charge in [0, 0.05) is 27.2 Å². The van der Waals surface area contributed by atoms with Gasteiger partial charge in [-0.2, -0.15) is 0 Å². The number of aromatic nitrogens is 1. The molecule has 0 aliphatic heterocycles. The standard InChI is InChI=1S/C29H25N/c1-3-19-13-15-27-23(17-19)24-18-20(14-16-28(24)30-27)29(4-2)25-11-7-5-9-21(25)22-10-6-8-12-26(22)29/h5-18,30H,3-4H2,1-2H3. The minimum Gasteiger partial charge on any atom is -0.355 e. The van der Waals surface area contributed by atoms with E-state index in [9.17, 15) is 0 Å². The third-order valence-corrected chi connectivity index (χ3v) is 7.16. The number of H-pyrrole nitrogens is 1. The molecule has 0 unspecified atom stereocenters. The summed E-state index contributed by atoms with van der Waals surface area (Å²) in [5.41, 5.74) is 10.7. The van der Waals surface area contributed by atoms with Crippen LogP contribution in [0.5, 0.6) is 0 Å². The van der Waals surface area contributed by atoms with Gasteiger partial charge in [0.25, 0.3) is 0 Å². The number of benzene rings is 4. The molecule has 146 valence electrons. The van der Waals surface area contributed by atoms with Crippen molar-refractivity contribution in [2.75, 3.05) is 0 Å². The molecule has 0 bridgehead atoms. The van der Waals surface area contributed by atoms with Gasteiger partial charge in [0.05, 0.1) is 0 Å². The smallest absolute Gasteiger partial charge is 0.0465 e. The number of aryl methyl sites for hydroxylation is 1. The normalized spacial score (nSPS) is 14.2. The zero-order valence-corrected chi connectivity index (χ0v) is 17.5. The van der Waals surface area contributed by atoms with E-state index in [1.165, 1.54) is 55.2 Å². The highest BCUT2D eigenvalue weighted by Gasteiger charge is 2.43. The highest BCUT2D eigenvalue weighted by molar-refractivity contribution is 6.08. The van der Waals surface area contributed by atoms with Crippen molar-refractivity contribution in [3.8, 4) is 11.1 Å². The van der Waals surface area contributed by atoms with Crippen molar-refractivity contribution in [1.82, 2.24) is 4.98 Å². The van der Waals surface area contributed by atoms with Crippen molar-refractivity contribution in [1.29, 1.82) is 0 Å². The van der Waals surface area contributed by atoms with Gasteiger partial charge >= 0.3 is 0 Å². The quantitative estimate of drug-likeness (QED) is 0.328. The fourth-order valence-electron chi connectivity index (χ4n) is 5.65. The lowest BCUT2D eigenvalue weighted by Crippen LogP contribution is -2.25. The topological polar surface area (TPSA) is 15.8 Å². The Morgan fingerprint density at radius 2 is 1.27 bits per heavy atom. The van der Waals surface area contributed by atoms with E-state index < -0.39 is 0 Å². The Hall–Kier alpha value is -3.32. The van der Waals surface area contributed by atoms with Crippen LogP contribution in [0.1, 0.15) is 42.5 Å². The SMILES string of the molecule is CCc1ccc2[nH]c3ccc(C4(CC)c5ccccc5-c5ccccc54)cc3c2c1. The van der Waals surface area contributed by atoms with Gasteiger partial charge in [0.1, 0.15) is 0 Å². The second-order valence-electron chi connectivity index (χ2n) is 8.47. The first kappa shape index (κ1) is 17.5. The van der Waals surface area contributed by atoms with Crippen LogP contribution in [0.2, 0.25) is 0 Å². The second-order valence-corrected chi connectivity index (χ2v) is 8.47. The Balaban J connectivity index is 1.68. The van der Waals surface area contributed by atoms with E-state index in [0.29, 0.717) is 0 Å². The summed E-state index contributed by atoms with van der Waals surface area (Å²) in [5.74, 6) is 0. The van der Waals surface area contributed by atoms with Crippen molar-refractivity contribution in [2.24, 2.45) is 0 Å². The summed E-state index contributed by atoms with van der Waals surface area (Å²) >= 11 is 0. The van der Waals surface area contributed by atoms with Crippen LogP contribution in [0, 0.1) is 0 Å². The maximum absolute atomic E-state index is 3.62. The molecule has 1 N–H and O–H groups in total. The average Bonchev–Trinajstić information content (AvgIpc) is 3.32. The van der Waals surface area contributed by atoms with Gasteiger partial charge in [-0.3, -0.25) is 0 Å². The van der Waals surface area contributed by atoms with Crippen molar-refractivity contribution >= 4 is 21.8 Å². The van der Waals surface area contributed by atoms with E-state index >= 15 is 0 Å². The Morgan fingerprint density at radius 3 is 1.90 bits per heavy atom. The number of fused-ring (bicyclic) bond motifs is 6. The molecular formula is C29H25N. The van der Waals surface area contributed by atoms with Crippen molar-refractivity contribution in [3.63, 3.8) is 0 Å². The summed E-state index contributed by atoms with van der Waals surface area (Å²) in [6.07, 6.45) is 2.09. The third-order valence-electron chi connectivity index (χ3n) is 7.16. The van der Waals surface area contributed by atoms with Crippen LogP contribution in [0.25, 0.3) is 32.9 Å². The molecule has 0 amide bonds. The molecule has 1 aromatic heterocycles. The van der Waals surface area contributed by atoms with Crippen LogP contribution >= 0.6 is 0 Å². The number of hydrogen-bond acceptors (Lipinski definition) is 0. The molecule has 1 aliphatic rings. The lowest BCUT2D eigenvalue weighted by Gasteiger charge is -2.32. The molecule has 5 aromatic rings. The maximum atomic E-state index is 3.62. The third kappa shape index (κ3) is 2.18. The molecular weight excluding hydrogens is 362 g/mol. The summed E-state index contributed by atoms with van der Waals surface area (Å²) in [4.78, 5) is 3.62. The molecule has 1 aliphatic carbocycles. The largest absolute Gasteiger partial charge is 0.355 e. The first-order valence-electron chi connectivity index (χ1n) is 11.0. The fraction of sp³-hybridized carbons (Fsp3) is 0.172. The molecule has 0 fully saturated rings. The highest BCUT2D eigenvalue weighted by Crippen LogP contribution is 2.54. The summed E-state index contributed by atoms with van der Waals surface area (Å²) in [6.45, 7) is 4.55. The van der Waals surface area contributed by atoms with Gasteiger partial charge < -0.3 is 4.98 Å². The number of hydrogen-bond donors (Lipinski definition) is 1. The monoisotopic (exact) mass is 387 g/mol. The summed E-state index contributed by atoms with van der Waals surface area (Å²) in [5, 5.41) is 2.66. The molecule has 0 saturated heterocycles. The van der Waals surface area contributed by atoms with Gasteiger partial charge in [0.2, 0.25) is 0 Å². The van der Waals surface area contributed by atoms with Crippen LogP contribution in [0.15, 0.2) is 84.9 Å². The zero-order valence-electron chi connectivity index (χ0n) is 17.5. The Morgan fingerprint density at radius 1 is 0.667 bits per heavy atom. The predicted octanol–water partition coefficient (Wildman–Crippen LogP) is 7.61. The summed E-state index contributed by atoms with van der Waals surface area (Å²) in [7, 11) is 0. The molecule has 0 radical (unpaired) electrons. The first-order valence-corrected chi connectivity index (χ1v) is 11.0. The molecule has 6 rings (SSSR count). The molecule has 1 nitrogen and oxygen atoms in total. The molecule has 30 heavy (non-hydrogen) atoms. The molecule has 0 saturated carbocycles. The van der Waals surface area contributed by atoms with E-state index in [1.807, 2.05) is 0 Å². The maximum Gasteiger partial charge on any atom is 0.0465 e. The van der Waals surface area contributed by atoms with Gasteiger partial charge in [-0.25, -0.2) is 0 Å². The predicted molar refractivity (Wildman–Crippen MR) is 127 cm³/mol. The second kappa shape index (κ2) is 6.34. The van der Waals surface area contributed by atoms with E-state index in [2.05, 4.69) is 104 Å². The zero-order chi connectivity index (χ0) is 20.3. The van der Waals surface area contributed by atoms with Crippen LogP contribution in [-0.2, 0) is 11.8 Å². The Labute approximate surface area is 177 Å². The van der Waals surface area contributed by atoms with E-state index in [1.54, 1.807) is 0 Å². The molecule has 0 atom stereocenters. The average molecular weight is 388 g/mol. The number of aromatic amines is 1. The molecule has 0 spiro atoms. The highest BCUT2D eigenvalue weighted by atomic mass is 14.7. The number of nitrogens with one attached hydrogen (secondary N) is 1. The lowest BCUT2D eigenvalue weighted by atomic mass is 9.70. The molecule has 1 heteroatoms. The fourth-order valence-corrected chi connectivity index (χ4v) is 5.65. The Kier molecular flexibility index (Phi) is 3.70. The summed E-state index contributed by atoms with van der Waals surface area (Å²) in [6, 6.07) is 31.8. The van der Waals surface area contributed by atoms with Crippen molar-refractivity contribution in [3.05, 3.63) is 107 Å². The van der Waals surface area contributed by atoms with Crippen LogP contribution in [0.3, 0.4) is 0 Å². The lowest BCUT2D eigenvalue weighted by molar-refractivity contribution is 0.610. The number of rotatable bonds is 3. The van der Waals surface area contributed by atoms with Crippen LogP contribution in [0.4, 0.5) is 0 Å². The van der Waals surface area contributed by atoms with Gasteiger partial charge in [0.15, 0.2) is 0 Å². The van der Waals surface area contributed by atoms with Crippen molar-refractivity contribution in [2.45, 2.75) is 32.1 Å². The first-order chi connectivity index (χ1) is 14.8. The summed E-state index contributed by atoms with van der Waals surface area (Å²) < 4.78 is 0. The van der Waals surface area contributed by atoms with E-state index in [4.69, 9.17) is 0 Å².